The molecule has 1 atom stereocenters. The smallest absolute Gasteiger partial charge is 0.141 e. The molecule has 15 heavy (non-hydrogen) atoms. The highest BCUT2D eigenvalue weighted by Crippen LogP contribution is 2.09. The summed E-state index contributed by atoms with van der Waals surface area (Å²) in [5, 5.41) is 3.33. The topological polar surface area (TPSA) is 28.2 Å². The summed E-state index contributed by atoms with van der Waals surface area (Å²) in [6.07, 6.45) is 2.97. The first kappa shape index (κ1) is 10.5. The van der Waals surface area contributed by atoms with Crippen LogP contribution in [0.15, 0.2) is 18.5 Å². The Morgan fingerprint density at radius 1 is 1.60 bits per heavy atom. The monoisotopic (exact) mass is 209 g/mol. The predicted octanol–water partition coefficient (Wildman–Crippen LogP) is 1.01. The minimum absolute atomic E-state index is 0.254. The number of nitrogens with one attached hydrogen (secondary N) is 1. The van der Waals surface area contributed by atoms with Crippen LogP contribution in [0.4, 0.5) is 4.39 Å². The minimum Gasteiger partial charge on any atom is -0.314 e. The van der Waals surface area contributed by atoms with E-state index in [9.17, 15) is 4.39 Å². The Morgan fingerprint density at radius 2 is 2.47 bits per heavy atom. The zero-order valence-electron chi connectivity index (χ0n) is 8.91. The molecular weight excluding hydrogens is 193 g/mol. The molecule has 1 aliphatic heterocycles. The maximum atomic E-state index is 12.9. The van der Waals surface area contributed by atoms with Crippen molar-refractivity contribution in [2.45, 2.75) is 19.5 Å². The van der Waals surface area contributed by atoms with Crippen molar-refractivity contribution < 1.29 is 4.39 Å². The molecule has 0 aliphatic carbocycles. The highest BCUT2D eigenvalue weighted by molar-refractivity contribution is 5.10. The first-order chi connectivity index (χ1) is 7.25. The molecule has 2 heterocycles. The van der Waals surface area contributed by atoms with Gasteiger partial charge in [0, 0.05) is 38.4 Å². The van der Waals surface area contributed by atoms with Crippen molar-refractivity contribution in [2.75, 3.05) is 19.6 Å². The van der Waals surface area contributed by atoms with Crippen molar-refractivity contribution in [3.63, 3.8) is 0 Å². The maximum absolute atomic E-state index is 12.9. The van der Waals surface area contributed by atoms with Crippen LogP contribution < -0.4 is 5.32 Å². The van der Waals surface area contributed by atoms with Gasteiger partial charge in [-0.1, -0.05) is 0 Å². The van der Waals surface area contributed by atoms with Gasteiger partial charge in [-0.2, -0.15) is 0 Å². The van der Waals surface area contributed by atoms with Crippen LogP contribution in [0.1, 0.15) is 12.5 Å². The molecule has 1 saturated heterocycles. The summed E-state index contributed by atoms with van der Waals surface area (Å²) in [5.74, 6) is -0.254. The van der Waals surface area contributed by atoms with Gasteiger partial charge in [-0.3, -0.25) is 9.88 Å². The number of pyridine rings is 1. The zero-order chi connectivity index (χ0) is 10.7. The average Bonchev–Trinajstić information content (AvgIpc) is 2.22. The molecule has 1 N–H and O–H groups in total. The van der Waals surface area contributed by atoms with Crippen LogP contribution in [0.2, 0.25) is 0 Å². The Bertz CT molecular complexity index is 329. The van der Waals surface area contributed by atoms with Gasteiger partial charge in [0.05, 0.1) is 6.20 Å². The van der Waals surface area contributed by atoms with Gasteiger partial charge in [-0.05, 0) is 18.6 Å². The molecular formula is C11H16FN3. The fourth-order valence-electron chi connectivity index (χ4n) is 1.89. The SMILES string of the molecule is C[C@H]1CNCCN1Cc1cncc(F)c1. The Labute approximate surface area is 89.3 Å². The molecule has 0 saturated carbocycles. The molecule has 3 nitrogen and oxygen atoms in total. The summed E-state index contributed by atoms with van der Waals surface area (Å²) >= 11 is 0. The first-order valence-corrected chi connectivity index (χ1v) is 5.30. The average molecular weight is 209 g/mol. The number of aromatic nitrogens is 1. The number of hydrogen-bond donors (Lipinski definition) is 1. The highest BCUT2D eigenvalue weighted by Gasteiger charge is 2.17. The normalized spacial score (nSPS) is 22.9. The lowest BCUT2D eigenvalue weighted by atomic mass is 10.2. The molecule has 0 bridgehead atoms. The zero-order valence-corrected chi connectivity index (χ0v) is 8.91. The maximum Gasteiger partial charge on any atom is 0.141 e. The highest BCUT2D eigenvalue weighted by atomic mass is 19.1. The van der Waals surface area contributed by atoms with E-state index < -0.39 is 0 Å². The fourth-order valence-corrected chi connectivity index (χ4v) is 1.89. The molecule has 0 aromatic carbocycles. The molecule has 82 valence electrons. The number of hydrogen-bond acceptors (Lipinski definition) is 3. The Hall–Kier alpha value is -1.00. The van der Waals surface area contributed by atoms with Crippen molar-refractivity contribution in [1.82, 2.24) is 15.2 Å². The van der Waals surface area contributed by atoms with E-state index in [1.165, 1.54) is 6.20 Å². The second-order valence-corrected chi connectivity index (χ2v) is 4.04. The van der Waals surface area contributed by atoms with Crippen LogP contribution >= 0.6 is 0 Å². The standard InChI is InChI=1S/C11H16FN3/c1-9-5-13-2-3-15(9)8-10-4-11(12)7-14-6-10/h4,6-7,9,13H,2-3,5,8H2,1H3/t9-/m0/s1. The molecule has 1 aromatic rings. The van der Waals surface area contributed by atoms with E-state index in [-0.39, 0.29) is 5.82 Å². The molecule has 4 heteroatoms. The van der Waals surface area contributed by atoms with Crippen molar-refractivity contribution in [3.05, 3.63) is 29.8 Å². The third-order valence-electron chi connectivity index (χ3n) is 2.79. The second-order valence-electron chi connectivity index (χ2n) is 4.04. The predicted molar refractivity (Wildman–Crippen MR) is 56.9 cm³/mol. The van der Waals surface area contributed by atoms with E-state index in [0.29, 0.717) is 6.04 Å². The van der Waals surface area contributed by atoms with Gasteiger partial charge in [0.25, 0.3) is 0 Å². The van der Waals surface area contributed by atoms with Gasteiger partial charge < -0.3 is 5.32 Å². The van der Waals surface area contributed by atoms with Crippen LogP contribution in [0.5, 0.6) is 0 Å². The Kier molecular flexibility index (Phi) is 3.28. The number of halogens is 1. The van der Waals surface area contributed by atoms with Gasteiger partial charge in [0.1, 0.15) is 5.82 Å². The summed E-state index contributed by atoms with van der Waals surface area (Å²) in [4.78, 5) is 6.20. The summed E-state index contributed by atoms with van der Waals surface area (Å²) in [6.45, 7) is 5.99. The van der Waals surface area contributed by atoms with Crippen molar-refractivity contribution in [3.8, 4) is 0 Å². The molecule has 0 spiro atoms. The molecule has 1 aliphatic rings. The van der Waals surface area contributed by atoms with Crippen LogP contribution in [0.3, 0.4) is 0 Å². The summed E-state index contributed by atoms with van der Waals surface area (Å²) in [6, 6.07) is 2.06. The second kappa shape index (κ2) is 4.68. The number of piperazine rings is 1. The van der Waals surface area contributed by atoms with Gasteiger partial charge in [-0.25, -0.2) is 4.39 Å². The molecule has 0 unspecified atom stereocenters. The molecule has 0 amide bonds. The van der Waals surface area contributed by atoms with Gasteiger partial charge in [0.2, 0.25) is 0 Å². The van der Waals surface area contributed by atoms with Crippen LogP contribution in [0.25, 0.3) is 0 Å². The van der Waals surface area contributed by atoms with E-state index in [0.717, 1.165) is 31.7 Å². The van der Waals surface area contributed by atoms with E-state index in [2.05, 4.69) is 22.1 Å². The third kappa shape index (κ3) is 2.73. The number of rotatable bonds is 2. The lowest BCUT2D eigenvalue weighted by Crippen LogP contribution is -2.49. The summed E-state index contributed by atoms with van der Waals surface area (Å²) < 4.78 is 12.9. The Balaban J connectivity index is 2.01. The largest absolute Gasteiger partial charge is 0.314 e. The van der Waals surface area contributed by atoms with Crippen molar-refractivity contribution in [1.29, 1.82) is 0 Å². The molecule has 1 aromatic heterocycles. The van der Waals surface area contributed by atoms with Crippen LogP contribution in [0, 0.1) is 5.82 Å². The van der Waals surface area contributed by atoms with Gasteiger partial charge in [0.15, 0.2) is 0 Å². The minimum atomic E-state index is -0.254. The lowest BCUT2D eigenvalue weighted by molar-refractivity contribution is 0.165. The third-order valence-corrected chi connectivity index (χ3v) is 2.79. The van der Waals surface area contributed by atoms with Gasteiger partial charge in [-0.15, -0.1) is 0 Å². The summed E-state index contributed by atoms with van der Waals surface area (Å²) in [7, 11) is 0. The van der Waals surface area contributed by atoms with Crippen LogP contribution in [-0.2, 0) is 6.54 Å². The first-order valence-electron chi connectivity index (χ1n) is 5.30. The molecule has 2 rings (SSSR count). The van der Waals surface area contributed by atoms with Crippen molar-refractivity contribution in [2.24, 2.45) is 0 Å². The van der Waals surface area contributed by atoms with E-state index >= 15 is 0 Å². The van der Waals surface area contributed by atoms with Crippen molar-refractivity contribution >= 4 is 0 Å². The van der Waals surface area contributed by atoms with Gasteiger partial charge >= 0.3 is 0 Å². The molecule has 0 radical (unpaired) electrons. The summed E-state index contributed by atoms with van der Waals surface area (Å²) in [5.41, 5.74) is 0.948. The lowest BCUT2D eigenvalue weighted by Gasteiger charge is -2.33. The molecule has 1 fully saturated rings. The number of nitrogens with zero attached hydrogens (tertiary/aromatic N) is 2. The van der Waals surface area contributed by atoms with Crippen LogP contribution in [-0.4, -0.2) is 35.6 Å². The van der Waals surface area contributed by atoms with E-state index in [1.54, 1.807) is 12.3 Å². The van der Waals surface area contributed by atoms with E-state index in [4.69, 9.17) is 0 Å². The fraction of sp³-hybridized carbons (Fsp3) is 0.545. The Morgan fingerprint density at radius 3 is 3.20 bits per heavy atom. The quantitative estimate of drug-likeness (QED) is 0.788. The van der Waals surface area contributed by atoms with E-state index in [1.807, 2.05) is 0 Å².